The van der Waals surface area contributed by atoms with Crippen LogP contribution in [0.5, 0.6) is 11.5 Å². The Hall–Kier alpha value is -3.88. The molecule has 1 aliphatic rings. The summed E-state index contributed by atoms with van der Waals surface area (Å²) >= 11 is 0. The average molecular weight is 421 g/mol. The highest BCUT2D eigenvalue weighted by atomic mass is 16.5. The number of anilines is 1. The second-order valence-corrected chi connectivity index (χ2v) is 6.85. The van der Waals surface area contributed by atoms with Gasteiger partial charge in [0, 0.05) is 23.7 Å². The lowest BCUT2D eigenvalue weighted by molar-refractivity contribution is -0.139. The minimum Gasteiger partial charge on any atom is -0.493 e. The summed E-state index contributed by atoms with van der Waals surface area (Å²) in [4.78, 5) is 21.7. The normalized spacial score (nSPS) is 15.2. The summed E-state index contributed by atoms with van der Waals surface area (Å²) in [6.45, 7) is 3.87. The van der Waals surface area contributed by atoms with Crippen molar-refractivity contribution in [3.63, 3.8) is 0 Å². The Morgan fingerprint density at radius 3 is 2.68 bits per heavy atom. The van der Waals surface area contributed by atoms with Gasteiger partial charge in [-0.3, -0.25) is 4.98 Å². The van der Waals surface area contributed by atoms with E-state index < -0.39 is 12.0 Å². The van der Waals surface area contributed by atoms with Crippen molar-refractivity contribution in [3.8, 4) is 22.9 Å². The third-order valence-electron chi connectivity index (χ3n) is 4.99. The summed E-state index contributed by atoms with van der Waals surface area (Å²) in [6, 6.07) is 8.66. The number of ether oxygens (including phenoxy) is 3. The van der Waals surface area contributed by atoms with Crippen LogP contribution in [0.15, 0.2) is 54.0 Å². The van der Waals surface area contributed by atoms with Gasteiger partial charge in [0.2, 0.25) is 5.95 Å². The number of esters is 1. The van der Waals surface area contributed by atoms with Crippen LogP contribution in [0.1, 0.15) is 25.5 Å². The van der Waals surface area contributed by atoms with Crippen molar-refractivity contribution in [2.75, 3.05) is 26.1 Å². The first-order valence-electron chi connectivity index (χ1n) is 9.81. The van der Waals surface area contributed by atoms with Gasteiger partial charge in [-0.2, -0.15) is 4.98 Å². The molecule has 2 aromatic heterocycles. The third kappa shape index (κ3) is 3.70. The zero-order chi connectivity index (χ0) is 22.0. The van der Waals surface area contributed by atoms with Gasteiger partial charge >= 0.3 is 5.97 Å². The van der Waals surface area contributed by atoms with E-state index in [0.29, 0.717) is 34.5 Å². The lowest BCUT2D eigenvalue weighted by Gasteiger charge is -2.27. The summed E-state index contributed by atoms with van der Waals surface area (Å²) in [5.41, 5.74) is 2.68. The maximum absolute atomic E-state index is 12.8. The molecule has 1 aliphatic heterocycles. The Morgan fingerprint density at radius 1 is 1.19 bits per heavy atom. The molecule has 0 radical (unpaired) electrons. The van der Waals surface area contributed by atoms with Crippen LogP contribution in [-0.4, -0.2) is 46.5 Å². The van der Waals surface area contributed by atoms with Crippen LogP contribution in [0.3, 0.4) is 0 Å². The van der Waals surface area contributed by atoms with E-state index in [1.165, 1.54) is 0 Å². The summed E-state index contributed by atoms with van der Waals surface area (Å²) in [5, 5.41) is 7.90. The Labute approximate surface area is 179 Å². The molecule has 160 valence electrons. The highest BCUT2D eigenvalue weighted by Gasteiger charge is 2.35. The molecule has 9 heteroatoms. The number of nitrogens with one attached hydrogen (secondary N) is 1. The minimum atomic E-state index is -0.523. The molecule has 0 aliphatic carbocycles. The first-order chi connectivity index (χ1) is 15.1. The van der Waals surface area contributed by atoms with Crippen molar-refractivity contribution < 1.29 is 19.0 Å². The molecule has 0 spiro atoms. The van der Waals surface area contributed by atoms with E-state index in [2.05, 4.69) is 15.3 Å². The number of rotatable bonds is 6. The quantitative estimate of drug-likeness (QED) is 0.606. The highest BCUT2D eigenvalue weighted by Crippen LogP contribution is 2.37. The number of hydrogen-bond acceptors (Lipinski definition) is 8. The van der Waals surface area contributed by atoms with Crippen molar-refractivity contribution >= 4 is 11.9 Å². The van der Waals surface area contributed by atoms with Crippen molar-refractivity contribution in [2.45, 2.75) is 19.9 Å². The molecule has 31 heavy (non-hydrogen) atoms. The van der Waals surface area contributed by atoms with E-state index in [1.807, 2.05) is 31.2 Å². The van der Waals surface area contributed by atoms with Crippen molar-refractivity contribution in [1.29, 1.82) is 0 Å². The van der Waals surface area contributed by atoms with Gasteiger partial charge in [-0.25, -0.2) is 9.48 Å². The number of pyridine rings is 1. The van der Waals surface area contributed by atoms with E-state index >= 15 is 0 Å². The van der Waals surface area contributed by atoms with Crippen LogP contribution >= 0.6 is 0 Å². The molecule has 0 fully saturated rings. The molecule has 1 unspecified atom stereocenters. The molecule has 9 nitrogen and oxygen atoms in total. The molecule has 3 aromatic rings. The predicted molar refractivity (Wildman–Crippen MR) is 114 cm³/mol. The Balaban J connectivity index is 1.83. The van der Waals surface area contributed by atoms with Gasteiger partial charge in [0.15, 0.2) is 17.3 Å². The van der Waals surface area contributed by atoms with Gasteiger partial charge in [0.1, 0.15) is 6.04 Å². The number of methoxy groups -OCH3 is 2. The van der Waals surface area contributed by atoms with Gasteiger partial charge < -0.3 is 19.5 Å². The fraction of sp³-hybridized carbons (Fsp3) is 0.273. The van der Waals surface area contributed by atoms with Gasteiger partial charge in [-0.15, -0.1) is 5.10 Å². The lowest BCUT2D eigenvalue weighted by Crippen LogP contribution is -2.29. The summed E-state index contributed by atoms with van der Waals surface area (Å²) in [6.07, 6.45) is 3.40. The van der Waals surface area contributed by atoms with Crippen LogP contribution in [0.4, 0.5) is 5.95 Å². The molecule has 0 saturated carbocycles. The minimum absolute atomic E-state index is 0.274. The fourth-order valence-electron chi connectivity index (χ4n) is 3.57. The summed E-state index contributed by atoms with van der Waals surface area (Å²) in [5.74, 6) is 1.78. The number of carbonyl (C=O) groups excluding carboxylic acids is 1. The standard InChI is InChI=1S/C22H23N5O4/c1-5-31-21(28)18-13(2)24-22-25-20(14-8-9-16(29-3)17(11-14)30-4)26-27(22)19(18)15-7-6-10-23-12-15/h6-12,19H,5H2,1-4H3,(H,24,25,26). The SMILES string of the molecule is CCOC(=O)C1=C(C)Nc2nc(-c3ccc(OC)c(OC)c3)nn2C1c1cccnc1. The van der Waals surface area contributed by atoms with Crippen LogP contribution in [0.25, 0.3) is 11.4 Å². The van der Waals surface area contributed by atoms with E-state index in [4.69, 9.17) is 19.3 Å². The number of benzene rings is 1. The number of aromatic nitrogens is 4. The molecule has 1 atom stereocenters. The summed E-state index contributed by atoms with van der Waals surface area (Å²) < 4.78 is 17.7. The van der Waals surface area contributed by atoms with E-state index in [9.17, 15) is 4.79 Å². The third-order valence-corrected chi connectivity index (χ3v) is 4.99. The zero-order valence-corrected chi connectivity index (χ0v) is 17.7. The van der Waals surface area contributed by atoms with Crippen molar-refractivity contribution in [3.05, 3.63) is 59.6 Å². The van der Waals surface area contributed by atoms with Crippen LogP contribution < -0.4 is 14.8 Å². The second kappa shape index (κ2) is 8.47. The van der Waals surface area contributed by atoms with E-state index in [0.717, 1.165) is 11.1 Å². The first-order valence-corrected chi connectivity index (χ1v) is 9.81. The topological polar surface area (TPSA) is 100 Å². The summed E-state index contributed by atoms with van der Waals surface area (Å²) in [7, 11) is 3.16. The maximum atomic E-state index is 12.8. The van der Waals surface area contributed by atoms with E-state index in [-0.39, 0.29) is 6.61 Å². The molecule has 1 aromatic carbocycles. The molecule has 4 rings (SSSR count). The Kier molecular flexibility index (Phi) is 5.57. The molecule has 0 saturated heterocycles. The second-order valence-electron chi connectivity index (χ2n) is 6.85. The van der Waals surface area contributed by atoms with Gasteiger partial charge in [0.05, 0.1) is 26.4 Å². The molecular formula is C22H23N5O4. The van der Waals surface area contributed by atoms with Gasteiger partial charge in [-0.1, -0.05) is 6.07 Å². The number of hydrogen-bond donors (Lipinski definition) is 1. The Bertz CT molecular complexity index is 1140. The van der Waals surface area contributed by atoms with Crippen molar-refractivity contribution in [1.82, 2.24) is 19.7 Å². The monoisotopic (exact) mass is 421 g/mol. The van der Waals surface area contributed by atoms with Crippen molar-refractivity contribution in [2.24, 2.45) is 0 Å². The lowest BCUT2D eigenvalue weighted by atomic mass is 9.97. The van der Waals surface area contributed by atoms with Crippen LogP contribution in [-0.2, 0) is 9.53 Å². The molecule has 1 N–H and O–H groups in total. The fourth-order valence-corrected chi connectivity index (χ4v) is 3.57. The Morgan fingerprint density at radius 2 is 2.00 bits per heavy atom. The number of nitrogens with zero attached hydrogens (tertiary/aromatic N) is 4. The molecule has 0 bridgehead atoms. The zero-order valence-electron chi connectivity index (χ0n) is 17.7. The molecule has 0 amide bonds. The number of fused-ring (bicyclic) bond motifs is 1. The van der Waals surface area contributed by atoms with Gasteiger partial charge in [-0.05, 0) is 43.7 Å². The first kappa shape index (κ1) is 20.4. The smallest absolute Gasteiger partial charge is 0.338 e. The largest absolute Gasteiger partial charge is 0.493 e. The maximum Gasteiger partial charge on any atom is 0.338 e. The number of carbonyl (C=O) groups is 1. The van der Waals surface area contributed by atoms with Crippen LogP contribution in [0.2, 0.25) is 0 Å². The van der Waals surface area contributed by atoms with E-state index in [1.54, 1.807) is 44.3 Å². The molecule has 3 heterocycles. The highest BCUT2D eigenvalue weighted by molar-refractivity contribution is 5.92. The molecular weight excluding hydrogens is 398 g/mol. The predicted octanol–water partition coefficient (Wildman–Crippen LogP) is 3.21. The average Bonchev–Trinajstić information content (AvgIpc) is 3.21. The van der Waals surface area contributed by atoms with Crippen LogP contribution in [0, 0.1) is 0 Å². The number of allylic oxidation sites excluding steroid dienone is 1. The van der Waals surface area contributed by atoms with Gasteiger partial charge in [0.25, 0.3) is 0 Å².